The van der Waals surface area contributed by atoms with Crippen LogP contribution >= 0.6 is 0 Å². The summed E-state index contributed by atoms with van der Waals surface area (Å²) in [6.45, 7) is 1.89. The Bertz CT molecular complexity index is 515. The van der Waals surface area contributed by atoms with E-state index in [1.807, 2.05) is 6.92 Å². The van der Waals surface area contributed by atoms with E-state index in [9.17, 15) is 19.7 Å². The van der Waals surface area contributed by atoms with Crippen molar-refractivity contribution in [1.29, 1.82) is 0 Å². The summed E-state index contributed by atoms with van der Waals surface area (Å²) in [5.41, 5.74) is 0.319. The number of hydrogen-bond donors (Lipinski definition) is 3. The van der Waals surface area contributed by atoms with Crippen molar-refractivity contribution in [3.8, 4) is 0 Å². The molecule has 0 radical (unpaired) electrons. The molecule has 3 N–H and O–H groups in total. The molecule has 0 fully saturated rings. The maximum absolute atomic E-state index is 11.7. The van der Waals surface area contributed by atoms with Crippen molar-refractivity contribution in [3.05, 3.63) is 34.4 Å². The Morgan fingerprint density at radius 3 is 2.43 bits per heavy atom. The standard InChI is InChI=1S/C13H17N3O5/c1-2-3-10(8-12(17)18)15-13(19)14-9-4-6-11(7-5-9)16(20)21/h4-7,10H,2-3,8H2,1H3,(H,17,18)(H2,14,15,19). The minimum Gasteiger partial charge on any atom is -0.481 e. The molecule has 1 aromatic rings. The van der Waals surface area contributed by atoms with E-state index in [0.29, 0.717) is 12.1 Å². The fraction of sp³-hybridized carbons (Fsp3) is 0.385. The number of anilines is 1. The Morgan fingerprint density at radius 2 is 1.95 bits per heavy atom. The molecule has 0 heterocycles. The Labute approximate surface area is 121 Å². The first-order valence-corrected chi connectivity index (χ1v) is 6.46. The zero-order chi connectivity index (χ0) is 15.8. The predicted octanol–water partition coefficient (Wildman–Crippen LogP) is 2.36. The van der Waals surface area contributed by atoms with Crippen LogP contribution in [0.25, 0.3) is 0 Å². The van der Waals surface area contributed by atoms with Crippen LogP contribution in [0.15, 0.2) is 24.3 Å². The minimum absolute atomic E-state index is 0.0734. The topological polar surface area (TPSA) is 122 Å². The lowest BCUT2D eigenvalue weighted by Gasteiger charge is -2.16. The molecular formula is C13H17N3O5. The number of non-ortho nitro benzene ring substituents is 1. The molecule has 1 atom stereocenters. The van der Waals surface area contributed by atoms with Crippen molar-refractivity contribution in [2.75, 3.05) is 5.32 Å². The number of rotatable bonds is 7. The molecule has 0 aromatic heterocycles. The number of carboxylic acid groups (broad SMARTS) is 1. The zero-order valence-electron chi connectivity index (χ0n) is 11.5. The van der Waals surface area contributed by atoms with Gasteiger partial charge in [0.05, 0.1) is 11.3 Å². The van der Waals surface area contributed by atoms with Gasteiger partial charge in [-0.1, -0.05) is 13.3 Å². The van der Waals surface area contributed by atoms with E-state index in [1.165, 1.54) is 24.3 Å². The molecule has 0 aliphatic rings. The second-order valence-electron chi connectivity index (χ2n) is 4.49. The third-order valence-corrected chi connectivity index (χ3v) is 2.73. The SMILES string of the molecule is CCCC(CC(=O)O)NC(=O)Nc1ccc([N+](=O)[O-])cc1. The Hall–Kier alpha value is -2.64. The average molecular weight is 295 g/mol. The van der Waals surface area contributed by atoms with Gasteiger partial charge in [-0.05, 0) is 18.6 Å². The van der Waals surface area contributed by atoms with Gasteiger partial charge in [-0.15, -0.1) is 0 Å². The summed E-state index contributed by atoms with van der Waals surface area (Å²) in [6, 6.07) is 4.37. The molecule has 1 unspecified atom stereocenters. The van der Waals surface area contributed by atoms with E-state index in [-0.39, 0.29) is 12.1 Å². The highest BCUT2D eigenvalue weighted by Gasteiger charge is 2.15. The summed E-state index contributed by atoms with van der Waals surface area (Å²) < 4.78 is 0. The third-order valence-electron chi connectivity index (χ3n) is 2.73. The van der Waals surface area contributed by atoms with Gasteiger partial charge in [0, 0.05) is 23.9 Å². The second-order valence-corrected chi connectivity index (χ2v) is 4.49. The van der Waals surface area contributed by atoms with E-state index in [1.54, 1.807) is 0 Å². The summed E-state index contributed by atoms with van der Waals surface area (Å²) >= 11 is 0. The first-order chi connectivity index (χ1) is 9.92. The van der Waals surface area contributed by atoms with Gasteiger partial charge in [0.2, 0.25) is 0 Å². The molecule has 0 bridgehead atoms. The van der Waals surface area contributed by atoms with Gasteiger partial charge in [-0.25, -0.2) is 4.79 Å². The number of aliphatic carboxylic acids is 1. The van der Waals surface area contributed by atoms with E-state index in [2.05, 4.69) is 10.6 Å². The van der Waals surface area contributed by atoms with Crippen molar-refractivity contribution in [1.82, 2.24) is 5.32 Å². The summed E-state index contributed by atoms with van der Waals surface area (Å²) in [4.78, 5) is 32.4. The fourth-order valence-electron chi connectivity index (χ4n) is 1.80. The fourth-order valence-corrected chi connectivity index (χ4v) is 1.80. The summed E-state index contributed by atoms with van der Waals surface area (Å²) in [5, 5.41) is 24.3. The molecule has 21 heavy (non-hydrogen) atoms. The molecule has 0 aliphatic heterocycles. The number of nitrogens with zero attached hydrogens (tertiary/aromatic N) is 1. The molecule has 0 saturated heterocycles. The molecule has 0 aliphatic carbocycles. The highest BCUT2D eigenvalue weighted by atomic mass is 16.6. The van der Waals surface area contributed by atoms with E-state index < -0.39 is 23.0 Å². The second kappa shape index (κ2) is 7.83. The molecule has 8 nitrogen and oxygen atoms in total. The number of amides is 2. The molecular weight excluding hydrogens is 278 g/mol. The largest absolute Gasteiger partial charge is 0.481 e. The van der Waals surface area contributed by atoms with Gasteiger partial charge in [0.1, 0.15) is 0 Å². The van der Waals surface area contributed by atoms with Crippen LogP contribution in [0.3, 0.4) is 0 Å². The number of carbonyl (C=O) groups excluding carboxylic acids is 1. The van der Waals surface area contributed by atoms with Crippen molar-refractivity contribution in [2.45, 2.75) is 32.2 Å². The Morgan fingerprint density at radius 1 is 1.33 bits per heavy atom. The van der Waals surface area contributed by atoms with Crippen LogP contribution in [0.4, 0.5) is 16.2 Å². The van der Waals surface area contributed by atoms with Crippen LogP contribution in [0.5, 0.6) is 0 Å². The maximum Gasteiger partial charge on any atom is 0.319 e. The number of carboxylic acids is 1. The van der Waals surface area contributed by atoms with Gasteiger partial charge in [-0.3, -0.25) is 14.9 Å². The van der Waals surface area contributed by atoms with Crippen LogP contribution in [0, 0.1) is 10.1 Å². The monoisotopic (exact) mass is 295 g/mol. The number of benzene rings is 1. The molecule has 8 heteroatoms. The van der Waals surface area contributed by atoms with Crippen LogP contribution in [-0.4, -0.2) is 28.1 Å². The van der Waals surface area contributed by atoms with Crippen LogP contribution < -0.4 is 10.6 Å². The highest BCUT2D eigenvalue weighted by Crippen LogP contribution is 2.15. The van der Waals surface area contributed by atoms with Crippen molar-refractivity contribution < 1.29 is 19.6 Å². The summed E-state index contributed by atoms with van der Waals surface area (Å²) in [6.07, 6.45) is 1.15. The number of urea groups is 1. The van der Waals surface area contributed by atoms with Crippen molar-refractivity contribution >= 4 is 23.4 Å². The number of nitrogens with one attached hydrogen (secondary N) is 2. The maximum atomic E-state index is 11.7. The van der Waals surface area contributed by atoms with Gasteiger partial charge in [0.15, 0.2) is 0 Å². The predicted molar refractivity (Wildman–Crippen MR) is 76.2 cm³/mol. The quantitative estimate of drug-likeness (QED) is 0.526. The molecule has 0 saturated carbocycles. The summed E-state index contributed by atoms with van der Waals surface area (Å²) in [7, 11) is 0. The molecule has 1 rings (SSSR count). The van der Waals surface area contributed by atoms with Crippen LogP contribution in [0.1, 0.15) is 26.2 Å². The van der Waals surface area contributed by atoms with Gasteiger partial charge in [-0.2, -0.15) is 0 Å². The lowest BCUT2D eigenvalue weighted by molar-refractivity contribution is -0.384. The van der Waals surface area contributed by atoms with Gasteiger partial charge < -0.3 is 15.7 Å². The van der Waals surface area contributed by atoms with Crippen molar-refractivity contribution in [2.24, 2.45) is 0 Å². The van der Waals surface area contributed by atoms with Crippen molar-refractivity contribution in [3.63, 3.8) is 0 Å². The molecule has 114 valence electrons. The van der Waals surface area contributed by atoms with E-state index >= 15 is 0 Å². The third kappa shape index (κ3) is 5.89. The number of carbonyl (C=O) groups is 2. The highest BCUT2D eigenvalue weighted by molar-refractivity contribution is 5.89. The van der Waals surface area contributed by atoms with E-state index in [0.717, 1.165) is 6.42 Å². The Balaban J connectivity index is 2.58. The number of nitro groups is 1. The van der Waals surface area contributed by atoms with Crippen LogP contribution in [0.2, 0.25) is 0 Å². The van der Waals surface area contributed by atoms with Gasteiger partial charge in [0.25, 0.3) is 5.69 Å². The normalized spacial score (nSPS) is 11.5. The summed E-state index contributed by atoms with van der Waals surface area (Å²) in [5.74, 6) is -0.982. The lowest BCUT2D eigenvalue weighted by atomic mass is 10.1. The lowest BCUT2D eigenvalue weighted by Crippen LogP contribution is -2.39. The smallest absolute Gasteiger partial charge is 0.319 e. The minimum atomic E-state index is -0.982. The molecule has 1 aromatic carbocycles. The first kappa shape index (κ1) is 16.4. The first-order valence-electron chi connectivity index (χ1n) is 6.46. The zero-order valence-corrected chi connectivity index (χ0v) is 11.5. The van der Waals surface area contributed by atoms with Gasteiger partial charge >= 0.3 is 12.0 Å². The average Bonchev–Trinajstić information content (AvgIpc) is 2.38. The van der Waals surface area contributed by atoms with Crippen LogP contribution in [-0.2, 0) is 4.79 Å². The number of hydrogen-bond acceptors (Lipinski definition) is 4. The number of nitro benzene ring substituents is 1. The van der Waals surface area contributed by atoms with E-state index in [4.69, 9.17) is 5.11 Å². The molecule has 2 amide bonds. The Kier molecular flexibility index (Phi) is 6.12. The molecule has 0 spiro atoms.